The van der Waals surface area contributed by atoms with Crippen molar-refractivity contribution in [3.63, 3.8) is 0 Å². The van der Waals surface area contributed by atoms with Crippen LogP contribution in [0.1, 0.15) is 38.7 Å². The van der Waals surface area contributed by atoms with Gasteiger partial charge in [0.25, 0.3) is 0 Å². The highest BCUT2D eigenvalue weighted by molar-refractivity contribution is 5.92. The zero-order valence-corrected chi connectivity index (χ0v) is 10.5. The van der Waals surface area contributed by atoms with E-state index in [0.717, 1.165) is 19.3 Å². The van der Waals surface area contributed by atoms with Crippen LogP contribution in [0.2, 0.25) is 0 Å². The molecule has 0 saturated carbocycles. The number of hydrogen-bond donors (Lipinski definition) is 1. The molecule has 0 aliphatic heterocycles. The summed E-state index contributed by atoms with van der Waals surface area (Å²) >= 11 is 0. The molecule has 0 bridgehead atoms. The minimum Gasteiger partial charge on any atom is -0.308 e. The molecule has 0 spiro atoms. The molecule has 1 heterocycles. The van der Waals surface area contributed by atoms with E-state index in [4.69, 9.17) is 5.26 Å². The third kappa shape index (κ3) is 3.59. The molecule has 1 rings (SSSR count). The highest BCUT2D eigenvalue weighted by atomic mass is 16.1. The molecule has 1 N–H and O–H groups in total. The molecule has 0 saturated heterocycles. The Bertz CT molecular complexity index is 430. The summed E-state index contributed by atoms with van der Waals surface area (Å²) < 4.78 is 1.52. The Hall–Kier alpha value is -1.83. The Balaban J connectivity index is 2.64. The average Bonchev–Trinajstić information content (AvgIpc) is 2.66. The number of nitrogens with one attached hydrogen (secondary N) is 1. The van der Waals surface area contributed by atoms with Crippen LogP contribution in [-0.4, -0.2) is 15.7 Å². The van der Waals surface area contributed by atoms with Crippen LogP contribution in [0.15, 0.2) is 6.20 Å². The summed E-state index contributed by atoms with van der Waals surface area (Å²) in [4.78, 5) is 11.8. The first-order valence-electron chi connectivity index (χ1n) is 5.83. The molecule has 92 valence electrons. The summed E-state index contributed by atoms with van der Waals surface area (Å²) in [7, 11) is 1.72. The summed E-state index contributed by atoms with van der Waals surface area (Å²) in [5.74, 6) is 0.223. The molecular weight excluding hydrogens is 216 g/mol. The van der Waals surface area contributed by atoms with Gasteiger partial charge in [0.15, 0.2) is 5.82 Å². The Morgan fingerprint density at radius 3 is 3.00 bits per heavy atom. The van der Waals surface area contributed by atoms with E-state index in [1.54, 1.807) is 13.2 Å². The van der Waals surface area contributed by atoms with Gasteiger partial charge in [-0.25, -0.2) is 0 Å². The van der Waals surface area contributed by atoms with Gasteiger partial charge in [-0.05, 0) is 6.42 Å². The smallest absolute Gasteiger partial charge is 0.228 e. The third-order valence-corrected chi connectivity index (χ3v) is 2.63. The number of aryl methyl sites for hydroxylation is 1. The molecule has 0 aliphatic carbocycles. The molecule has 0 fully saturated rings. The van der Waals surface area contributed by atoms with E-state index in [2.05, 4.69) is 17.3 Å². The number of anilines is 1. The van der Waals surface area contributed by atoms with Crippen molar-refractivity contribution in [2.24, 2.45) is 13.0 Å². The molecule has 5 nitrogen and oxygen atoms in total. The van der Waals surface area contributed by atoms with Crippen molar-refractivity contribution >= 4 is 11.7 Å². The van der Waals surface area contributed by atoms with Gasteiger partial charge in [0.05, 0.1) is 0 Å². The zero-order chi connectivity index (χ0) is 12.8. The van der Waals surface area contributed by atoms with Crippen molar-refractivity contribution in [2.75, 3.05) is 5.32 Å². The van der Waals surface area contributed by atoms with Crippen molar-refractivity contribution in [1.82, 2.24) is 9.78 Å². The van der Waals surface area contributed by atoms with Crippen molar-refractivity contribution in [2.45, 2.75) is 33.1 Å². The van der Waals surface area contributed by atoms with Crippen LogP contribution in [0.4, 0.5) is 5.82 Å². The first-order valence-corrected chi connectivity index (χ1v) is 5.83. The molecule has 0 aliphatic rings. The average molecular weight is 234 g/mol. The quantitative estimate of drug-likeness (QED) is 0.847. The number of carbonyl (C=O) groups is 1. The molecule has 5 heteroatoms. The number of aromatic nitrogens is 2. The van der Waals surface area contributed by atoms with Crippen LogP contribution in [0, 0.1) is 17.2 Å². The van der Waals surface area contributed by atoms with Crippen LogP contribution in [0.25, 0.3) is 0 Å². The van der Waals surface area contributed by atoms with Gasteiger partial charge in [0, 0.05) is 19.2 Å². The van der Waals surface area contributed by atoms with Crippen molar-refractivity contribution in [1.29, 1.82) is 5.26 Å². The van der Waals surface area contributed by atoms with Gasteiger partial charge in [0.2, 0.25) is 5.91 Å². The maximum absolute atomic E-state index is 11.8. The van der Waals surface area contributed by atoms with Gasteiger partial charge in [-0.15, -0.1) is 0 Å². The molecule has 1 unspecified atom stereocenters. The summed E-state index contributed by atoms with van der Waals surface area (Å²) in [6.07, 6.45) is 4.55. The predicted molar refractivity (Wildman–Crippen MR) is 65.2 cm³/mol. The maximum Gasteiger partial charge on any atom is 0.228 e. The first-order chi connectivity index (χ1) is 8.08. The van der Waals surface area contributed by atoms with Crippen LogP contribution < -0.4 is 5.32 Å². The maximum atomic E-state index is 11.8. The fourth-order valence-corrected chi connectivity index (χ4v) is 1.54. The molecule has 17 heavy (non-hydrogen) atoms. The first kappa shape index (κ1) is 13.2. The topological polar surface area (TPSA) is 70.7 Å². The zero-order valence-electron chi connectivity index (χ0n) is 10.5. The standard InChI is InChI=1S/C12H18N4O/c1-4-5-6-9(2)12(17)14-11-10(7-13)8-16(3)15-11/h8-9H,4-6H2,1-3H3,(H,14,15,17). The van der Waals surface area contributed by atoms with Gasteiger partial charge >= 0.3 is 0 Å². The predicted octanol–water partition coefficient (Wildman–Crippen LogP) is 2.06. The molecule has 0 aromatic carbocycles. The highest BCUT2D eigenvalue weighted by Crippen LogP contribution is 2.14. The Morgan fingerprint density at radius 2 is 2.41 bits per heavy atom. The Morgan fingerprint density at radius 1 is 1.71 bits per heavy atom. The monoisotopic (exact) mass is 234 g/mol. The minimum absolute atomic E-state index is 0.0523. The second-order valence-electron chi connectivity index (χ2n) is 4.21. The molecule has 1 atom stereocenters. The van der Waals surface area contributed by atoms with Crippen molar-refractivity contribution in [3.05, 3.63) is 11.8 Å². The number of nitriles is 1. The number of nitrogens with zero attached hydrogens (tertiary/aromatic N) is 3. The number of rotatable bonds is 5. The molecule has 1 aromatic rings. The van der Waals surface area contributed by atoms with E-state index in [0.29, 0.717) is 11.4 Å². The molecule has 0 radical (unpaired) electrons. The lowest BCUT2D eigenvalue weighted by Gasteiger charge is -2.09. The van der Waals surface area contributed by atoms with E-state index >= 15 is 0 Å². The fraction of sp³-hybridized carbons (Fsp3) is 0.583. The number of hydrogen-bond acceptors (Lipinski definition) is 3. The van der Waals surface area contributed by atoms with Gasteiger partial charge in [-0.2, -0.15) is 10.4 Å². The highest BCUT2D eigenvalue weighted by Gasteiger charge is 2.16. The van der Waals surface area contributed by atoms with Gasteiger partial charge in [-0.3, -0.25) is 9.48 Å². The van der Waals surface area contributed by atoms with E-state index in [1.165, 1.54) is 4.68 Å². The lowest BCUT2D eigenvalue weighted by atomic mass is 10.0. The minimum atomic E-state index is -0.0753. The molecular formula is C12H18N4O. The van der Waals surface area contributed by atoms with Crippen molar-refractivity contribution in [3.8, 4) is 6.07 Å². The molecule has 1 aromatic heterocycles. The normalized spacial score (nSPS) is 11.9. The van der Waals surface area contributed by atoms with E-state index in [-0.39, 0.29) is 11.8 Å². The summed E-state index contributed by atoms with van der Waals surface area (Å²) in [5.41, 5.74) is 0.392. The SMILES string of the molecule is CCCCC(C)C(=O)Nc1nn(C)cc1C#N. The largest absolute Gasteiger partial charge is 0.308 e. The summed E-state index contributed by atoms with van der Waals surface area (Å²) in [5, 5.41) is 15.6. The van der Waals surface area contributed by atoms with Crippen molar-refractivity contribution < 1.29 is 4.79 Å². The second kappa shape index (κ2) is 6.04. The summed E-state index contributed by atoms with van der Waals surface area (Å²) in [6, 6.07) is 2.01. The lowest BCUT2D eigenvalue weighted by Crippen LogP contribution is -2.21. The second-order valence-corrected chi connectivity index (χ2v) is 4.21. The van der Waals surface area contributed by atoms with Gasteiger partial charge < -0.3 is 5.32 Å². The summed E-state index contributed by atoms with van der Waals surface area (Å²) in [6.45, 7) is 3.98. The Labute approximate surface area is 101 Å². The lowest BCUT2D eigenvalue weighted by molar-refractivity contribution is -0.119. The number of amides is 1. The molecule has 1 amide bonds. The Kier molecular flexibility index (Phi) is 4.70. The van der Waals surface area contributed by atoms with Crippen LogP contribution in [0.3, 0.4) is 0 Å². The number of carbonyl (C=O) groups excluding carboxylic acids is 1. The fourth-order valence-electron chi connectivity index (χ4n) is 1.54. The van der Waals surface area contributed by atoms with Crippen LogP contribution in [0.5, 0.6) is 0 Å². The number of unbranched alkanes of at least 4 members (excludes halogenated alkanes) is 1. The van der Waals surface area contributed by atoms with Gasteiger partial charge in [0.1, 0.15) is 11.6 Å². The van der Waals surface area contributed by atoms with E-state index < -0.39 is 0 Å². The van der Waals surface area contributed by atoms with Crippen LogP contribution >= 0.6 is 0 Å². The van der Waals surface area contributed by atoms with E-state index in [1.807, 2.05) is 13.0 Å². The van der Waals surface area contributed by atoms with Crippen LogP contribution in [-0.2, 0) is 11.8 Å². The third-order valence-electron chi connectivity index (χ3n) is 2.63. The van der Waals surface area contributed by atoms with Gasteiger partial charge in [-0.1, -0.05) is 26.7 Å². The van der Waals surface area contributed by atoms with E-state index in [9.17, 15) is 4.79 Å².